The molecule has 0 aromatic carbocycles. The number of fused-ring (bicyclic) bond motifs is 2. The first-order valence-electron chi connectivity index (χ1n) is 6.20. The number of aromatic nitrogens is 1. The maximum absolute atomic E-state index is 12.1. The molecule has 1 aromatic rings. The van der Waals surface area contributed by atoms with Crippen LogP contribution >= 0.6 is 0 Å². The zero-order valence-electron chi connectivity index (χ0n) is 9.95. The predicted octanol–water partition coefficient (Wildman–Crippen LogP) is 1.52. The topological polar surface area (TPSA) is 51.1 Å². The quantitative estimate of drug-likeness (QED) is 0.737. The summed E-state index contributed by atoms with van der Waals surface area (Å²) in [5, 5.41) is 3.04. The van der Waals surface area contributed by atoms with Crippen LogP contribution in [0.4, 0.5) is 0 Å². The van der Waals surface area contributed by atoms with Crippen LogP contribution in [0.25, 0.3) is 0 Å². The molecule has 1 aliphatic heterocycles. The first-order valence-corrected chi connectivity index (χ1v) is 6.20. The van der Waals surface area contributed by atoms with Gasteiger partial charge in [0.2, 0.25) is 0 Å². The van der Waals surface area contributed by atoms with E-state index in [0.717, 1.165) is 31.2 Å². The fourth-order valence-electron chi connectivity index (χ4n) is 3.15. The average molecular weight is 232 g/mol. The van der Waals surface area contributed by atoms with Crippen LogP contribution in [0.3, 0.4) is 0 Å². The van der Waals surface area contributed by atoms with Gasteiger partial charge in [-0.15, -0.1) is 0 Å². The Morgan fingerprint density at radius 2 is 1.88 bits per heavy atom. The summed E-state index contributed by atoms with van der Waals surface area (Å²) in [6.07, 6.45) is 5.07. The van der Waals surface area contributed by atoms with Gasteiger partial charge in [0.25, 0.3) is 11.5 Å². The zero-order valence-corrected chi connectivity index (χ0v) is 9.95. The highest BCUT2D eigenvalue weighted by atomic mass is 16.2. The smallest absolute Gasteiger partial charge is 0.270 e. The van der Waals surface area contributed by atoms with E-state index in [2.05, 4.69) is 5.32 Å². The molecule has 2 heterocycles. The second-order valence-corrected chi connectivity index (χ2v) is 5.08. The van der Waals surface area contributed by atoms with Crippen LogP contribution in [0.5, 0.6) is 0 Å². The largest absolute Gasteiger partial charge is 0.327 e. The second-order valence-electron chi connectivity index (χ2n) is 5.08. The van der Waals surface area contributed by atoms with E-state index in [-0.39, 0.29) is 11.5 Å². The van der Waals surface area contributed by atoms with Gasteiger partial charge in [-0.1, -0.05) is 12.5 Å². The monoisotopic (exact) mass is 232 g/mol. The van der Waals surface area contributed by atoms with Gasteiger partial charge in [-0.25, -0.2) is 0 Å². The summed E-state index contributed by atoms with van der Waals surface area (Å²) in [4.78, 5) is 24.1. The van der Waals surface area contributed by atoms with Crippen LogP contribution in [-0.4, -0.2) is 10.5 Å². The average Bonchev–Trinajstić information content (AvgIpc) is 2.59. The Morgan fingerprint density at radius 3 is 2.59 bits per heavy atom. The van der Waals surface area contributed by atoms with Crippen LogP contribution in [0.15, 0.2) is 16.9 Å². The first kappa shape index (κ1) is 10.6. The number of hydrogen-bond acceptors (Lipinski definition) is 2. The van der Waals surface area contributed by atoms with E-state index in [1.807, 2.05) is 6.92 Å². The van der Waals surface area contributed by atoms with Crippen molar-refractivity contribution in [2.75, 3.05) is 0 Å². The van der Waals surface area contributed by atoms with Crippen molar-refractivity contribution in [3.8, 4) is 0 Å². The molecule has 4 heteroatoms. The highest BCUT2D eigenvalue weighted by Crippen LogP contribution is 2.36. The molecule has 1 spiro atoms. The third kappa shape index (κ3) is 1.36. The maximum atomic E-state index is 12.1. The van der Waals surface area contributed by atoms with E-state index >= 15 is 0 Å². The highest BCUT2D eigenvalue weighted by molar-refractivity contribution is 5.96. The van der Waals surface area contributed by atoms with Gasteiger partial charge in [0.1, 0.15) is 11.4 Å². The summed E-state index contributed by atoms with van der Waals surface area (Å²) in [5.74, 6) is -0.0953. The molecule has 17 heavy (non-hydrogen) atoms. The molecule has 0 saturated heterocycles. The Morgan fingerprint density at radius 1 is 1.18 bits per heavy atom. The molecule has 90 valence electrons. The SMILES string of the molecule is Cc1ccc(=O)n2c1C(=O)NC21CCCCC1. The van der Waals surface area contributed by atoms with E-state index in [9.17, 15) is 9.59 Å². The van der Waals surface area contributed by atoms with Gasteiger partial charge in [-0.2, -0.15) is 0 Å². The van der Waals surface area contributed by atoms with Crippen molar-refractivity contribution >= 4 is 5.91 Å². The number of carbonyl (C=O) groups is 1. The molecule has 4 nitrogen and oxygen atoms in total. The van der Waals surface area contributed by atoms with Crippen molar-refractivity contribution < 1.29 is 4.79 Å². The molecular weight excluding hydrogens is 216 g/mol. The summed E-state index contributed by atoms with van der Waals surface area (Å²) < 4.78 is 1.70. The Kier molecular flexibility index (Phi) is 2.15. The lowest BCUT2D eigenvalue weighted by Crippen LogP contribution is -2.48. The number of nitrogens with one attached hydrogen (secondary N) is 1. The van der Waals surface area contributed by atoms with E-state index in [1.165, 1.54) is 6.42 Å². The standard InChI is InChI=1S/C13H16N2O2/c1-9-5-6-10(16)15-11(9)12(17)14-13(15)7-3-2-4-8-13/h5-6H,2-4,7-8H2,1H3,(H,14,17). The van der Waals surface area contributed by atoms with Crippen molar-refractivity contribution in [1.82, 2.24) is 9.88 Å². The number of amides is 1. The molecule has 0 radical (unpaired) electrons. The molecule has 0 bridgehead atoms. The third-order valence-corrected chi connectivity index (χ3v) is 3.96. The third-order valence-electron chi connectivity index (χ3n) is 3.96. The maximum Gasteiger partial charge on any atom is 0.270 e. The Hall–Kier alpha value is -1.58. The number of hydrogen-bond donors (Lipinski definition) is 1. The Bertz CT molecular complexity index is 539. The summed E-state index contributed by atoms with van der Waals surface area (Å²) in [6, 6.07) is 3.30. The predicted molar refractivity (Wildman–Crippen MR) is 64.0 cm³/mol. The van der Waals surface area contributed by atoms with Gasteiger partial charge in [-0.05, 0) is 38.2 Å². The molecule has 1 fully saturated rings. The Balaban J connectivity index is 2.25. The van der Waals surface area contributed by atoms with Crippen LogP contribution in [0.1, 0.15) is 48.2 Å². The first-order chi connectivity index (χ1) is 8.14. The fraction of sp³-hybridized carbons (Fsp3) is 0.538. The normalized spacial score (nSPS) is 21.4. The minimum absolute atomic E-state index is 0.0640. The minimum Gasteiger partial charge on any atom is -0.327 e. The van der Waals surface area contributed by atoms with Crippen molar-refractivity contribution in [3.05, 3.63) is 33.7 Å². The van der Waals surface area contributed by atoms with E-state index in [4.69, 9.17) is 0 Å². The summed E-state index contributed by atoms with van der Waals surface area (Å²) in [6.45, 7) is 1.88. The van der Waals surface area contributed by atoms with Crippen LogP contribution in [-0.2, 0) is 5.66 Å². The van der Waals surface area contributed by atoms with Gasteiger partial charge in [0, 0.05) is 6.07 Å². The summed E-state index contributed by atoms with van der Waals surface area (Å²) in [7, 11) is 0. The van der Waals surface area contributed by atoms with E-state index < -0.39 is 5.66 Å². The lowest BCUT2D eigenvalue weighted by molar-refractivity contribution is 0.0876. The van der Waals surface area contributed by atoms with Crippen LogP contribution < -0.4 is 10.9 Å². The molecule has 1 saturated carbocycles. The summed E-state index contributed by atoms with van der Waals surface area (Å²) >= 11 is 0. The van der Waals surface area contributed by atoms with Crippen molar-refractivity contribution in [1.29, 1.82) is 0 Å². The lowest BCUT2D eigenvalue weighted by Gasteiger charge is -2.35. The second kappa shape index (κ2) is 3.45. The van der Waals surface area contributed by atoms with Gasteiger partial charge >= 0.3 is 0 Å². The molecule has 0 atom stereocenters. The van der Waals surface area contributed by atoms with Gasteiger partial charge < -0.3 is 5.32 Å². The molecule has 1 amide bonds. The van der Waals surface area contributed by atoms with Gasteiger partial charge in [0.05, 0.1) is 0 Å². The van der Waals surface area contributed by atoms with Crippen LogP contribution in [0, 0.1) is 6.92 Å². The molecule has 1 aromatic heterocycles. The van der Waals surface area contributed by atoms with Crippen molar-refractivity contribution in [2.24, 2.45) is 0 Å². The van der Waals surface area contributed by atoms with Gasteiger partial charge in [0.15, 0.2) is 0 Å². The number of nitrogens with zero attached hydrogens (tertiary/aromatic N) is 1. The van der Waals surface area contributed by atoms with Gasteiger partial charge in [-0.3, -0.25) is 14.2 Å². The van der Waals surface area contributed by atoms with Crippen molar-refractivity contribution in [2.45, 2.75) is 44.7 Å². The minimum atomic E-state index is -0.437. The Labute approximate surface area is 99.6 Å². The lowest BCUT2D eigenvalue weighted by atomic mass is 9.89. The summed E-state index contributed by atoms with van der Waals surface area (Å²) in [5.41, 5.74) is 0.933. The van der Waals surface area contributed by atoms with Crippen LogP contribution in [0.2, 0.25) is 0 Å². The number of rotatable bonds is 0. The molecule has 3 rings (SSSR count). The zero-order chi connectivity index (χ0) is 12.0. The number of carbonyl (C=O) groups excluding carboxylic acids is 1. The fourth-order valence-corrected chi connectivity index (χ4v) is 3.15. The highest BCUT2D eigenvalue weighted by Gasteiger charge is 2.44. The van der Waals surface area contributed by atoms with E-state index in [0.29, 0.717) is 5.69 Å². The molecule has 1 N–H and O–H groups in total. The molecule has 1 aliphatic carbocycles. The molecule has 2 aliphatic rings. The van der Waals surface area contributed by atoms with Crippen molar-refractivity contribution in [3.63, 3.8) is 0 Å². The van der Waals surface area contributed by atoms with E-state index in [1.54, 1.807) is 16.7 Å². The molecular formula is C13H16N2O2. The molecule has 0 unspecified atom stereocenters. The number of aryl methyl sites for hydroxylation is 1. The number of pyridine rings is 1.